The number of nitrogens with one attached hydrogen (secondary N) is 1. The Hall–Kier alpha value is -1.09. The van der Waals surface area contributed by atoms with Crippen LogP contribution in [0.4, 0.5) is 0 Å². The summed E-state index contributed by atoms with van der Waals surface area (Å²) in [7, 11) is 4.02. The van der Waals surface area contributed by atoms with Gasteiger partial charge < -0.3 is 9.88 Å². The summed E-state index contributed by atoms with van der Waals surface area (Å²) in [6.07, 6.45) is 11.4. The van der Waals surface area contributed by atoms with Crippen molar-refractivity contribution in [1.82, 2.24) is 14.9 Å². The van der Waals surface area contributed by atoms with Gasteiger partial charge >= 0.3 is 0 Å². The van der Waals surface area contributed by atoms with Crippen LogP contribution in [0.1, 0.15) is 37.4 Å². The highest BCUT2D eigenvalue weighted by atomic mass is 15.0. The number of allylic oxidation sites excluding steroid dienone is 1. The maximum Gasteiger partial charge on any atom is 0.0947 e. The van der Waals surface area contributed by atoms with Gasteiger partial charge in [0.1, 0.15) is 0 Å². The van der Waals surface area contributed by atoms with Gasteiger partial charge in [0.25, 0.3) is 0 Å². The second-order valence-electron chi connectivity index (χ2n) is 4.21. The summed E-state index contributed by atoms with van der Waals surface area (Å²) in [5, 5.41) is 3.36. The van der Waals surface area contributed by atoms with Crippen LogP contribution in [0, 0.1) is 0 Å². The van der Waals surface area contributed by atoms with E-state index < -0.39 is 0 Å². The van der Waals surface area contributed by atoms with Crippen LogP contribution >= 0.6 is 0 Å². The van der Waals surface area contributed by atoms with Crippen LogP contribution in [0.3, 0.4) is 0 Å². The first-order valence-corrected chi connectivity index (χ1v) is 5.65. The quantitative estimate of drug-likeness (QED) is 0.766. The molecule has 1 unspecified atom stereocenters. The first kappa shape index (κ1) is 10.4. The zero-order valence-electron chi connectivity index (χ0n) is 9.53. The summed E-state index contributed by atoms with van der Waals surface area (Å²) in [4.78, 5) is 4.42. The van der Waals surface area contributed by atoms with Crippen molar-refractivity contribution in [2.75, 3.05) is 7.05 Å². The lowest BCUT2D eigenvalue weighted by molar-refractivity contribution is 0.584. The monoisotopic (exact) mass is 205 g/mol. The normalized spacial score (nSPS) is 18.7. The van der Waals surface area contributed by atoms with Gasteiger partial charge in [-0.25, -0.2) is 4.98 Å². The van der Waals surface area contributed by atoms with Gasteiger partial charge in [-0.15, -0.1) is 0 Å². The molecule has 1 atom stereocenters. The molecule has 82 valence electrons. The van der Waals surface area contributed by atoms with Crippen molar-refractivity contribution in [1.29, 1.82) is 0 Å². The molecule has 0 amide bonds. The Morgan fingerprint density at radius 2 is 2.33 bits per heavy atom. The molecule has 0 bridgehead atoms. The van der Waals surface area contributed by atoms with Crippen LogP contribution in [0.25, 0.3) is 0 Å². The number of rotatable bonds is 3. The van der Waals surface area contributed by atoms with Crippen molar-refractivity contribution >= 4 is 0 Å². The fraction of sp³-hybridized carbons (Fsp3) is 0.583. The molecule has 0 spiro atoms. The summed E-state index contributed by atoms with van der Waals surface area (Å²) >= 11 is 0. The molecule has 0 fully saturated rings. The summed E-state index contributed by atoms with van der Waals surface area (Å²) in [6.45, 7) is 0. The molecule has 1 N–H and O–H groups in total. The van der Waals surface area contributed by atoms with E-state index in [2.05, 4.69) is 22.6 Å². The Morgan fingerprint density at radius 1 is 1.47 bits per heavy atom. The van der Waals surface area contributed by atoms with Gasteiger partial charge in [-0.1, -0.05) is 11.6 Å². The van der Waals surface area contributed by atoms with Gasteiger partial charge in [0.2, 0.25) is 0 Å². The zero-order chi connectivity index (χ0) is 10.7. The first-order chi connectivity index (χ1) is 7.31. The SMILES string of the molecule is CNC(C1=CCCCC1)c1cn(C)cn1. The molecule has 0 radical (unpaired) electrons. The van der Waals surface area contributed by atoms with Crippen LogP contribution in [0.15, 0.2) is 24.2 Å². The number of nitrogens with zero attached hydrogens (tertiary/aromatic N) is 2. The van der Waals surface area contributed by atoms with Gasteiger partial charge in [-0.05, 0) is 32.7 Å². The molecular weight excluding hydrogens is 186 g/mol. The predicted octanol–water partition coefficient (Wildman–Crippen LogP) is 2.18. The second-order valence-corrected chi connectivity index (χ2v) is 4.21. The van der Waals surface area contributed by atoms with Crippen LogP contribution in [0.5, 0.6) is 0 Å². The third-order valence-electron chi connectivity index (χ3n) is 3.01. The van der Waals surface area contributed by atoms with Gasteiger partial charge in [0, 0.05) is 13.2 Å². The topological polar surface area (TPSA) is 29.9 Å². The average molecular weight is 205 g/mol. The highest BCUT2D eigenvalue weighted by Gasteiger charge is 2.18. The summed E-state index contributed by atoms with van der Waals surface area (Å²) in [5.74, 6) is 0. The van der Waals surface area contributed by atoms with E-state index in [4.69, 9.17) is 0 Å². The van der Waals surface area contributed by atoms with Crippen molar-refractivity contribution in [3.63, 3.8) is 0 Å². The molecule has 1 heterocycles. The van der Waals surface area contributed by atoms with E-state index >= 15 is 0 Å². The van der Waals surface area contributed by atoms with Crippen LogP contribution < -0.4 is 5.32 Å². The molecule has 2 rings (SSSR count). The summed E-state index contributed by atoms with van der Waals surface area (Å²) in [6, 6.07) is 0.312. The second kappa shape index (κ2) is 4.62. The Kier molecular flexibility index (Phi) is 3.21. The molecule has 0 aromatic carbocycles. The average Bonchev–Trinajstić information content (AvgIpc) is 2.68. The van der Waals surface area contributed by atoms with E-state index in [1.807, 2.05) is 25.0 Å². The maximum absolute atomic E-state index is 4.42. The van der Waals surface area contributed by atoms with Crippen molar-refractivity contribution in [3.8, 4) is 0 Å². The molecule has 3 heteroatoms. The van der Waals surface area contributed by atoms with Gasteiger partial charge in [-0.2, -0.15) is 0 Å². The number of hydrogen-bond donors (Lipinski definition) is 1. The van der Waals surface area contributed by atoms with Gasteiger partial charge in [0.05, 0.1) is 18.1 Å². The van der Waals surface area contributed by atoms with Crippen molar-refractivity contribution in [2.45, 2.75) is 31.7 Å². The Bertz CT molecular complexity index is 352. The number of hydrogen-bond acceptors (Lipinski definition) is 2. The Morgan fingerprint density at radius 3 is 2.87 bits per heavy atom. The maximum atomic E-state index is 4.42. The molecule has 15 heavy (non-hydrogen) atoms. The number of aromatic nitrogens is 2. The first-order valence-electron chi connectivity index (χ1n) is 5.65. The smallest absolute Gasteiger partial charge is 0.0947 e. The molecule has 0 aliphatic heterocycles. The van der Waals surface area contributed by atoms with E-state index in [-0.39, 0.29) is 0 Å². The van der Waals surface area contributed by atoms with E-state index in [1.165, 1.54) is 31.3 Å². The summed E-state index contributed by atoms with van der Waals surface area (Å²) in [5.41, 5.74) is 2.63. The highest BCUT2D eigenvalue weighted by Crippen LogP contribution is 2.28. The minimum atomic E-state index is 0.312. The van der Waals surface area contributed by atoms with Crippen LogP contribution in [0.2, 0.25) is 0 Å². The van der Waals surface area contributed by atoms with Crippen LogP contribution in [-0.2, 0) is 7.05 Å². The number of aryl methyl sites for hydroxylation is 1. The minimum absolute atomic E-state index is 0.312. The van der Waals surface area contributed by atoms with Gasteiger partial charge in [0.15, 0.2) is 0 Å². The lowest BCUT2D eigenvalue weighted by Gasteiger charge is -2.21. The fourth-order valence-corrected chi connectivity index (χ4v) is 2.23. The lowest BCUT2D eigenvalue weighted by atomic mass is 9.92. The molecule has 1 aromatic rings. The minimum Gasteiger partial charge on any atom is -0.340 e. The van der Waals surface area contributed by atoms with Gasteiger partial charge in [-0.3, -0.25) is 0 Å². The van der Waals surface area contributed by atoms with Crippen LogP contribution in [-0.4, -0.2) is 16.6 Å². The van der Waals surface area contributed by atoms with Crippen molar-refractivity contribution < 1.29 is 0 Å². The predicted molar refractivity (Wildman–Crippen MR) is 61.6 cm³/mol. The molecular formula is C12H19N3. The fourth-order valence-electron chi connectivity index (χ4n) is 2.23. The largest absolute Gasteiger partial charge is 0.340 e. The molecule has 3 nitrogen and oxygen atoms in total. The van der Waals surface area contributed by atoms with Crippen molar-refractivity contribution in [2.24, 2.45) is 7.05 Å². The van der Waals surface area contributed by atoms with E-state index in [9.17, 15) is 0 Å². The number of likely N-dealkylation sites (N-methyl/N-ethyl adjacent to an activating group) is 1. The molecule has 1 aliphatic rings. The van der Waals surface area contributed by atoms with E-state index in [0.29, 0.717) is 6.04 Å². The molecule has 0 saturated carbocycles. The van der Waals surface area contributed by atoms with Crippen molar-refractivity contribution in [3.05, 3.63) is 29.9 Å². The van der Waals surface area contributed by atoms with E-state index in [1.54, 1.807) is 0 Å². The molecule has 1 aromatic heterocycles. The number of imidazole rings is 1. The standard InChI is InChI=1S/C12H19N3/c1-13-12(10-6-4-3-5-7-10)11-8-15(2)9-14-11/h6,8-9,12-13H,3-5,7H2,1-2H3. The van der Waals surface area contributed by atoms with E-state index in [0.717, 1.165) is 5.69 Å². The molecule has 0 saturated heterocycles. The lowest BCUT2D eigenvalue weighted by Crippen LogP contribution is -2.20. The molecule has 1 aliphatic carbocycles. The summed E-state index contributed by atoms with van der Waals surface area (Å²) < 4.78 is 2.00. The third-order valence-corrected chi connectivity index (χ3v) is 3.01. The Balaban J connectivity index is 2.19. The third kappa shape index (κ3) is 2.29. The highest BCUT2D eigenvalue weighted by molar-refractivity contribution is 5.22. The Labute approximate surface area is 91.2 Å². The zero-order valence-corrected chi connectivity index (χ0v) is 9.53.